The van der Waals surface area contributed by atoms with Gasteiger partial charge in [-0.3, -0.25) is 0 Å². The second-order valence-electron chi connectivity index (χ2n) is 6.06. The van der Waals surface area contributed by atoms with Gasteiger partial charge in [-0.15, -0.1) is 0 Å². The summed E-state index contributed by atoms with van der Waals surface area (Å²) in [6.45, 7) is 2.35. The summed E-state index contributed by atoms with van der Waals surface area (Å²) in [4.78, 5) is 0. The number of ether oxygens (including phenoxy) is 3. The van der Waals surface area contributed by atoms with Crippen LogP contribution in [0.3, 0.4) is 0 Å². The van der Waals surface area contributed by atoms with Crippen molar-refractivity contribution in [2.45, 2.75) is 19.3 Å². The summed E-state index contributed by atoms with van der Waals surface area (Å²) >= 11 is 0. The SMILES string of the molecule is CO[Si](COc1ccc2c(c1)COC(C)(c1ccccc1)O2)(OC)OC. The van der Waals surface area contributed by atoms with Crippen LogP contribution in [0.1, 0.15) is 18.1 Å². The topological polar surface area (TPSA) is 55.4 Å². The third-order valence-electron chi connectivity index (χ3n) is 4.49. The first-order valence-corrected chi connectivity index (χ1v) is 10.3. The molecule has 0 fully saturated rings. The van der Waals surface area contributed by atoms with Gasteiger partial charge in [0, 0.05) is 39.4 Å². The predicted octanol–water partition coefficient (Wildman–Crippen LogP) is 3.26. The van der Waals surface area contributed by atoms with Crippen molar-refractivity contribution in [3.8, 4) is 11.5 Å². The Bertz CT molecular complexity index is 726. The van der Waals surface area contributed by atoms with E-state index in [4.69, 9.17) is 27.5 Å². The lowest BCUT2D eigenvalue weighted by Gasteiger charge is -2.36. The molecule has 0 radical (unpaired) electrons. The Morgan fingerprint density at radius 3 is 2.35 bits per heavy atom. The molecule has 6 nitrogen and oxygen atoms in total. The molecule has 1 unspecified atom stereocenters. The number of hydrogen-bond donors (Lipinski definition) is 0. The molecule has 0 saturated heterocycles. The van der Waals surface area contributed by atoms with Gasteiger partial charge < -0.3 is 27.5 Å². The predicted molar refractivity (Wildman–Crippen MR) is 97.9 cm³/mol. The average Bonchev–Trinajstić information content (AvgIpc) is 2.70. The summed E-state index contributed by atoms with van der Waals surface area (Å²) in [5.74, 6) is 0.659. The standard InChI is InChI=1S/C19H24O6Si/c1-19(16-8-6-5-7-9-16)24-13-15-12-17(10-11-18(15)25-19)23-14-26(20-2,21-3)22-4/h5-12H,13-14H2,1-4H3. The summed E-state index contributed by atoms with van der Waals surface area (Å²) in [6.07, 6.45) is 0.221. The van der Waals surface area contributed by atoms with E-state index in [1.165, 1.54) is 0 Å². The largest absolute Gasteiger partial charge is 0.539 e. The molecule has 1 heterocycles. The molecule has 0 N–H and O–H groups in total. The zero-order chi connectivity index (χ0) is 18.6. The zero-order valence-electron chi connectivity index (χ0n) is 15.5. The van der Waals surface area contributed by atoms with Crippen molar-refractivity contribution in [3.05, 3.63) is 59.7 Å². The van der Waals surface area contributed by atoms with Crippen LogP contribution in [0.2, 0.25) is 0 Å². The van der Waals surface area contributed by atoms with Crippen molar-refractivity contribution < 1.29 is 27.5 Å². The molecule has 1 aliphatic heterocycles. The lowest BCUT2D eigenvalue weighted by atomic mass is 10.1. The summed E-state index contributed by atoms with van der Waals surface area (Å²) < 4.78 is 34.0. The molecule has 0 bridgehead atoms. The van der Waals surface area contributed by atoms with Crippen LogP contribution in [-0.2, 0) is 30.4 Å². The van der Waals surface area contributed by atoms with Crippen molar-refractivity contribution in [1.82, 2.24) is 0 Å². The van der Waals surface area contributed by atoms with Crippen LogP contribution < -0.4 is 9.47 Å². The molecule has 0 spiro atoms. The first-order chi connectivity index (χ1) is 12.5. The van der Waals surface area contributed by atoms with Gasteiger partial charge in [0.25, 0.3) is 0 Å². The van der Waals surface area contributed by atoms with E-state index in [0.29, 0.717) is 12.4 Å². The molecule has 7 heteroatoms. The quantitative estimate of drug-likeness (QED) is 0.692. The molecule has 0 saturated carbocycles. The first-order valence-electron chi connectivity index (χ1n) is 8.34. The molecular formula is C19H24O6Si. The van der Waals surface area contributed by atoms with Crippen LogP contribution in [-0.4, -0.2) is 36.4 Å². The van der Waals surface area contributed by atoms with E-state index in [9.17, 15) is 0 Å². The molecule has 1 aliphatic rings. The molecule has 2 aromatic carbocycles. The Morgan fingerprint density at radius 1 is 1.00 bits per heavy atom. The van der Waals surface area contributed by atoms with E-state index in [1.54, 1.807) is 21.3 Å². The second-order valence-corrected chi connectivity index (χ2v) is 8.94. The van der Waals surface area contributed by atoms with E-state index in [1.807, 2.05) is 55.5 Å². The number of fused-ring (bicyclic) bond motifs is 1. The highest BCUT2D eigenvalue weighted by atomic mass is 28.4. The molecule has 0 amide bonds. The van der Waals surface area contributed by atoms with E-state index in [2.05, 4.69) is 0 Å². The lowest BCUT2D eigenvalue weighted by molar-refractivity contribution is -0.201. The summed E-state index contributed by atoms with van der Waals surface area (Å²) in [5, 5.41) is 0. The minimum Gasteiger partial charge on any atom is -0.489 e. The van der Waals surface area contributed by atoms with E-state index in [-0.39, 0.29) is 6.23 Å². The van der Waals surface area contributed by atoms with Gasteiger partial charge >= 0.3 is 8.80 Å². The van der Waals surface area contributed by atoms with Crippen LogP contribution in [0.15, 0.2) is 48.5 Å². The first kappa shape index (κ1) is 18.9. The summed E-state index contributed by atoms with van der Waals surface area (Å²) in [7, 11) is 1.88. The maximum Gasteiger partial charge on any atom is 0.539 e. The van der Waals surface area contributed by atoms with Crippen LogP contribution in [0.5, 0.6) is 11.5 Å². The van der Waals surface area contributed by atoms with Gasteiger partial charge in [0.15, 0.2) is 6.23 Å². The number of rotatable bonds is 7. The molecule has 26 heavy (non-hydrogen) atoms. The maximum absolute atomic E-state index is 6.13. The van der Waals surface area contributed by atoms with Crippen molar-refractivity contribution in [3.63, 3.8) is 0 Å². The molecule has 1 atom stereocenters. The van der Waals surface area contributed by atoms with Gasteiger partial charge in [-0.1, -0.05) is 30.3 Å². The normalized spacial score (nSPS) is 19.5. The molecular weight excluding hydrogens is 352 g/mol. The lowest BCUT2D eigenvalue weighted by Crippen LogP contribution is -2.49. The van der Waals surface area contributed by atoms with Gasteiger partial charge in [-0.25, -0.2) is 0 Å². The summed E-state index contributed by atoms with van der Waals surface area (Å²) in [5.41, 5.74) is 1.90. The van der Waals surface area contributed by atoms with Crippen molar-refractivity contribution in [2.75, 3.05) is 27.6 Å². The van der Waals surface area contributed by atoms with Crippen molar-refractivity contribution in [1.29, 1.82) is 0 Å². The van der Waals surface area contributed by atoms with Gasteiger partial charge in [0.1, 0.15) is 11.5 Å². The smallest absolute Gasteiger partial charge is 0.489 e. The van der Waals surface area contributed by atoms with Crippen molar-refractivity contribution >= 4 is 8.80 Å². The Balaban J connectivity index is 1.73. The minimum absolute atomic E-state index is 0.221. The highest BCUT2D eigenvalue weighted by Crippen LogP contribution is 2.38. The fourth-order valence-corrected chi connectivity index (χ4v) is 3.99. The Kier molecular flexibility index (Phi) is 5.64. The monoisotopic (exact) mass is 376 g/mol. The Labute approximate surface area is 154 Å². The highest BCUT2D eigenvalue weighted by molar-refractivity contribution is 6.60. The molecule has 140 valence electrons. The third kappa shape index (κ3) is 3.77. The number of benzene rings is 2. The van der Waals surface area contributed by atoms with E-state index >= 15 is 0 Å². The number of hydrogen-bond acceptors (Lipinski definition) is 6. The van der Waals surface area contributed by atoms with Gasteiger partial charge in [0.05, 0.1) is 6.61 Å². The molecule has 0 aromatic heterocycles. The van der Waals surface area contributed by atoms with Crippen LogP contribution >= 0.6 is 0 Å². The maximum atomic E-state index is 6.13. The Morgan fingerprint density at radius 2 is 1.69 bits per heavy atom. The minimum atomic E-state index is -2.79. The third-order valence-corrected chi connectivity index (χ3v) is 6.85. The highest BCUT2D eigenvalue weighted by Gasteiger charge is 2.40. The molecule has 0 aliphatic carbocycles. The molecule has 2 aromatic rings. The fraction of sp³-hybridized carbons (Fsp3) is 0.368. The van der Waals surface area contributed by atoms with Crippen LogP contribution in [0, 0.1) is 0 Å². The zero-order valence-corrected chi connectivity index (χ0v) is 16.5. The van der Waals surface area contributed by atoms with E-state index in [0.717, 1.165) is 16.9 Å². The van der Waals surface area contributed by atoms with Gasteiger partial charge in [0.2, 0.25) is 5.79 Å². The van der Waals surface area contributed by atoms with Crippen LogP contribution in [0.4, 0.5) is 0 Å². The van der Waals surface area contributed by atoms with Gasteiger partial charge in [-0.05, 0) is 18.2 Å². The van der Waals surface area contributed by atoms with Crippen LogP contribution in [0.25, 0.3) is 0 Å². The second kappa shape index (κ2) is 7.77. The average molecular weight is 376 g/mol. The van der Waals surface area contributed by atoms with E-state index < -0.39 is 14.6 Å². The fourth-order valence-electron chi connectivity index (χ4n) is 2.79. The molecule has 3 rings (SSSR count). The Hall–Kier alpha value is -1.90. The van der Waals surface area contributed by atoms with Gasteiger partial charge in [-0.2, -0.15) is 0 Å². The summed E-state index contributed by atoms with van der Waals surface area (Å²) in [6, 6.07) is 15.5. The van der Waals surface area contributed by atoms with Crippen molar-refractivity contribution in [2.24, 2.45) is 0 Å².